The summed E-state index contributed by atoms with van der Waals surface area (Å²) in [6.07, 6.45) is 1.58. The van der Waals surface area contributed by atoms with Crippen LogP contribution in [0, 0.1) is 11.7 Å². The molecule has 0 saturated carbocycles. The van der Waals surface area contributed by atoms with Gasteiger partial charge in [-0.3, -0.25) is 4.79 Å². The van der Waals surface area contributed by atoms with Gasteiger partial charge in [0.15, 0.2) is 5.82 Å². The molecule has 29 heavy (non-hydrogen) atoms. The van der Waals surface area contributed by atoms with Crippen LogP contribution in [-0.2, 0) is 0 Å². The smallest absolute Gasteiger partial charge is 0.287 e. The Morgan fingerprint density at radius 2 is 1.79 bits per heavy atom. The number of H-pyrrole nitrogens is 1. The van der Waals surface area contributed by atoms with Gasteiger partial charge in [0, 0.05) is 18.6 Å². The predicted octanol–water partition coefficient (Wildman–Crippen LogP) is 3.19. The highest BCUT2D eigenvalue weighted by Gasteiger charge is 2.15. The van der Waals surface area contributed by atoms with Crippen LogP contribution in [0.1, 0.15) is 37.3 Å². The Kier molecular flexibility index (Phi) is 6.61. The third-order valence-corrected chi connectivity index (χ3v) is 5.13. The summed E-state index contributed by atoms with van der Waals surface area (Å²) >= 11 is 0. The number of nitrogens with two attached hydrogens (primary N) is 2. The molecule has 1 amide bonds. The molecule has 0 spiro atoms. The molecule has 1 heterocycles. The van der Waals surface area contributed by atoms with Crippen LogP contribution >= 0.6 is 0 Å². The number of nitrogens with one attached hydrogen (secondary N) is 2. The molecule has 6 N–H and O–H groups in total. The number of halogens is 1. The van der Waals surface area contributed by atoms with Gasteiger partial charge in [0.25, 0.3) is 5.91 Å². The molecule has 154 valence electrons. The van der Waals surface area contributed by atoms with Crippen molar-refractivity contribution in [2.75, 3.05) is 6.54 Å². The number of aromatic nitrogens is 2. The Labute approximate surface area is 169 Å². The highest BCUT2D eigenvalue weighted by atomic mass is 19.1. The molecule has 3 rings (SSSR count). The van der Waals surface area contributed by atoms with E-state index in [4.69, 9.17) is 11.5 Å². The van der Waals surface area contributed by atoms with Gasteiger partial charge in [-0.2, -0.15) is 0 Å². The van der Waals surface area contributed by atoms with E-state index in [1.165, 1.54) is 12.1 Å². The lowest BCUT2D eigenvalue weighted by molar-refractivity contribution is 0.0941. The second-order valence-corrected chi connectivity index (χ2v) is 7.78. The average Bonchev–Trinajstić information content (AvgIpc) is 3.14. The first-order chi connectivity index (χ1) is 13.8. The van der Waals surface area contributed by atoms with Crippen molar-refractivity contribution >= 4 is 16.9 Å². The fourth-order valence-corrected chi connectivity index (χ4v) is 3.09. The van der Waals surface area contributed by atoms with Crippen molar-refractivity contribution in [2.24, 2.45) is 17.4 Å². The van der Waals surface area contributed by atoms with Crippen molar-refractivity contribution < 1.29 is 9.18 Å². The Balaban J connectivity index is 1.62. The molecular weight excluding hydrogens is 369 g/mol. The first-order valence-electron chi connectivity index (χ1n) is 9.88. The van der Waals surface area contributed by atoms with Crippen LogP contribution in [0.2, 0.25) is 0 Å². The third-order valence-electron chi connectivity index (χ3n) is 5.13. The molecule has 1 unspecified atom stereocenters. The van der Waals surface area contributed by atoms with Crippen LogP contribution in [0.4, 0.5) is 4.39 Å². The minimum absolute atomic E-state index is 0.113. The zero-order valence-corrected chi connectivity index (χ0v) is 16.8. The fourth-order valence-electron chi connectivity index (χ4n) is 3.09. The number of nitrogens with zero attached hydrogens (tertiary/aromatic N) is 1. The van der Waals surface area contributed by atoms with Gasteiger partial charge in [-0.05, 0) is 54.2 Å². The summed E-state index contributed by atoms with van der Waals surface area (Å²) < 4.78 is 13.1. The molecule has 2 aromatic carbocycles. The number of fused-ring (bicyclic) bond motifs is 1. The summed E-state index contributed by atoms with van der Waals surface area (Å²) in [7, 11) is 0. The highest BCUT2D eigenvalue weighted by molar-refractivity contribution is 5.94. The van der Waals surface area contributed by atoms with E-state index < -0.39 is 0 Å². The number of carbonyl (C=O) groups excluding carboxylic acids is 1. The molecule has 3 aromatic rings. The lowest BCUT2D eigenvalue weighted by Gasteiger charge is -2.18. The molecule has 0 saturated heterocycles. The van der Waals surface area contributed by atoms with E-state index >= 15 is 0 Å². The van der Waals surface area contributed by atoms with Gasteiger partial charge in [0.1, 0.15) is 5.82 Å². The number of benzene rings is 2. The second kappa shape index (κ2) is 9.15. The number of hydrogen-bond acceptors (Lipinski definition) is 4. The zero-order valence-electron chi connectivity index (χ0n) is 16.8. The number of rotatable bonds is 8. The maximum atomic E-state index is 13.1. The Morgan fingerprint density at radius 1 is 1.10 bits per heavy atom. The highest BCUT2D eigenvalue weighted by Crippen LogP contribution is 2.23. The minimum Gasteiger partial charge on any atom is -0.348 e. The molecule has 1 aromatic heterocycles. The van der Waals surface area contributed by atoms with Crippen LogP contribution in [-0.4, -0.2) is 34.5 Å². The first kappa shape index (κ1) is 21.0. The lowest BCUT2D eigenvalue weighted by atomic mass is 9.98. The first-order valence-corrected chi connectivity index (χ1v) is 9.88. The Bertz CT molecular complexity index is 967. The van der Waals surface area contributed by atoms with Crippen molar-refractivity contribution in [3.05, 3.63) is 54.1 Å². The van der Waals surface area contributed by atoms with E-state index in [1.807, 2.05) is 18.2 Å². The van der Waals surface area contributed by atoms with E-state index in [9.17, 15) is 9.18 Å². The topological polar surface area (TPSA) is 110 Å². The quantitative estimate of drug-likeness (QED) is 0.468. The molecule has 2 atom stereocenters. The van der Waals surface area contributed by atoms with Crippen LogP contribution in [0.15, 0.2) is 42.5 Å². The second-order valence-electron chi connectivity index (χ2n) is 7.78. The molecule has 6 nitrogen and oxygen atoms in total. The van der Waals surface area contributed by atoms with E-state index in [1.54, 1.807) is 12.1 Å². The summed E-state index contributed by atoms with van der Waals surface area (Å²) in [5, 5.41) is 2.82. The standard InChI is InChI=1S/C22H28FN5O/c1-13(2)18(25)9-8-17(24)12-26-22(29)21-27-19-10-5-15(11-20(19)28-21)14-3-6-16(23)7-4-14/h3-7,10-11,13,17-18H,8-9,12,24-25H2,1-2H3,(H,26,29)(H,27,28)/t17-,18?/m0/s1. The number of carbonyl (C=O) groups is 1. The minimum atomic E-state index is -0.298. The van der Waals surface area contributed by atoms with Crippen molar-refractivity contribution in [3.63, 3.8) is 0 Å². The maximum Gasteiger partial charge on any atom is 0.287 e. The van der Waals surface area contributed by atoms with Crippen molar-refractivity contribution in [2.45, 2.75) is 38.8 Å². The van der Waals surface area contributed by atoms with Crippen LogP contribution in [0.5, 0.6) is 0 Å². The summed E-state index contributed by atoms with van der Waals surface area (Å²) in [4.78, 5) is 19.8. The summed E-state index contributed by atoms with van der Waals surface area (Å²) in [6.45, 7) is 4.53. The average molecular weight is 397 g/mol. The number of amides is 1. The number of imidazole rings is 1. The van der Waals surface area contributed by atoms with Gasteiger partial charge >= 0.3 is 0 Å². The monoisotopic (exact) mass is 397 g/mol. The SMILES string of the molecule is CC(C)C(N)CC[C@H](N)CNC(=O)c1nc2ccc(-c3ccc(F)cc3)cc2[nH]1. The summed E-state index contributed by atoms with van der Waals surface area (Å²) in [6, 6.07) is 11.9. The Morgan fingerprint density at radius 3 is 2.48 bits per heavy atom. The van der Waals surface area contributed by atoms with Crippen LogP contribution < -0.4 is 16.8 Å². The normalized spacial score (nSPS) is 13.6. The molecule has 0 fully saturated rings. The maximum absolute atomic E-state index is 13.1. The van der Waals surface area contributed by atoms with E-state index in [0.717, 1.165) is 29.5 Å². The zero-order chi connectivity index (χ0) is 21.0. The van der Waals surface area contributed by atoms with E-state index in [-0.39, 0.29) is 29.6 Å². The van der Waals surface area contributed by atoms with Gasteiger partial charge < -0.3 is 21.8 Å². The fraction of sp³-hybridized carbons (Fsp3) is 0.364. The van der Waals surface area contributed by atoms with Gasteiger partial charge in [0.05, 0.1) is 11.0 Å². The predicted molar refractivity (Wildman–Crippen MR) is 114 cm³/mol. The van der Waals surface area contributed by atoms with Crippen molar-refractivity contribution in [1.82, 2.24) is 15.3 Å². The molecule has 0 radical (unpaired) electrons. The summed E-state index contributed by atoms with van der Waals surface area (Å²) in [5.74, 6) is 0.0716. The summed E-state index contributed by atoms with van der Waals surface area (Å²) in [5.41, 5.74) is 15.4. The lowest BCUT2D eigenvalue weighted by Crippen LogP contribution is -2.39. The van der Waals surface area contributed by atoms with Gasteiger partial charge in [-0.25, -0.2) is 9.37 Å². The third kappa shape index (κ3) is 5.40. The number of aromatic amines is 1. The van der Waals surface area contributed by atoms with Crippen LogP contribution in [0.3, 0.4) is 0 Å². The largest absolute Gasteiger partial charge is 0.348 e. The van der Waals surface area contributed by atoms with Gasteiger partial charge in [-0.15, -0.1) is 0 Å². The number of hydrogen-bond donors (Lipinski definition) is 4. The van der Waals surface area contributed by atoms with Gasteiger partial charge in [0.2, 0.25) is 0 Å². The van der Waals surface area contributed by atoms with Crippen molar-refractivity contribution in [3.8, 4) is 11.1 Å². The van der Waals surface area contributed by atoms with E-state index in [2.05, 4.69) is 29.1 Å². The molecular formula is C22H28FN5O. The van der Waals surface area contributed by atoms with Crippen molar-refractivity contribution in [1.29, 1.82) is 0 Å². The molecule has 0 aliphatic rings. The Hall–Kier alpha value is -2.77. The van der Waals surface area contributed by atoms with E-state index in [0.29, 0.717) is 18.0 Å². The van der Waals surface area contributed by atoms with Crippen LogP contribution in [0.25, 0.3) is 22.2 Å². The molecule has 0 bridgehead atoms. The molecule has 0 aliphatic heterocycles. The molecule has 7 heteroatoms. The van der Waals surface area contributed by atoms with Gasteiger partial charge in [-0.1, -0.05) is 32.0 Å². The molecule has 0 aliphatic carbocycles.